The van der Waals surface area contributed by atoms with Gasteiger partial charge in [-0.1, -0.05) is 56.2 Å². The number of fused-ring (bicyclic) bond motifs is 5. The second-order valence-corrected chi connectivity index (χ2v) is 9.62. The summed E-state index contributed by atoms with van der Waals surface area (Å²) in [5, 5.41) is 10.1. The predicted octanol–water partition coefficient (Wildman–Crippen LogP) is 5.81. The van der Waals surface area contributed by atoms with Gasteiger partial charge in [-0.3, -0.25) is 0 Å². The SMILES string of the molecule is C/C=C/[C@@]1(C)CC[C@H]2C3CCC4=CC(O)CC[C@]4(C)C3=CC[C@@]21C. The van der Waals surface area contributed by atoms with Crippen LogP contribution in [-0.4, -0.2) is 11.2 Å². The fourth-order valence-electron chi connectivity index (χ4n) is 6.93. The van der Waals surface area contributed by atoms with Gasteiger partial charge < -0.3 is 5.11 Å². The molecule has 4 aliphatic rings. The molecule has 1 N–H and O–H groups in total. The minimum absolute atomic E-state index is 0.205. The number of aliphatic hydroxyl groups is 1. The van der Waals surface area contributed by atoms with Crippen LogP contribution in [0.3, 0.4) is 0 Å². The smallest absolute Gasteiger partial charge is 0.0724 e. The molecule has 24 heavy (non-hydrogen) atoms. The summed E-state index contributed by atoms with van der Waals surface area (Å²) in [7, 11) is 0. The second kappa shape index (κ2) is 5.34. The molecule has 0 aromatic rings. The molecule has 4 rings (SSSR count). The van der Waals surface area contributed by atoms with Gasteiger partial charge in [-0.15, -0.1) is 0 Å². The number of aliphatic hydroxyl groups excluding tert-OH is 1. The van der Waals surface area contributed by atoms with Crippen molar-refractivity contribution in [3.8, 4) is 0 Å². The summed E-state index contributed by atoms with van der Waals surface area (Å²) in [5.74, 6) is 1.61. The average molecular weight is 327 g/mol. The Morgan fingerprint density at radius 2 is 1.92 bits per heavy atom. The molecule has 6 atom stereocenters. The van der Waals surface area contributed by atoms with E-state index in [0.29, 0.717) is 10.8 Å². The topological polar surface area (TPSA) is 20.2 Å². The second-order valence-electron chi connectivity index (χ2n) is 9.62. The van der Waals surface area contributed by atoms with Crippen LogP contribution in [-0.2, 0) is 0 Å². The van der Waals surface area contributed by atoms with Gasteiger partial charge in [0.15, 0.2) is 0 Å². The van der Waals surface area contributed by atoms with E-state index in [1.54, 1.807) is 5.57 Å². The minimum atomic E-state index is -0.205. The molecule has 4 aliphatic carbocycles. The van der Waals surface area contributed by atoms with Crippen molar-refractivity contribution in [2.75, 3.05) is 0 Å². The van der Waals surface area contributed by atoms with E-state index in [1.807, 2.05) is 0 Å². The molecule has 0 aromatic carbocycles. The summed E-state index contributed by atoms with van der Waals surface area (Å²) < 4.78 is 0. The molecule has 2 saturated carbocycles. The minimum Gasteiger partial charge on any atom is -0.389 e. The van der Waals surface area contributed by atoms with Crippen LogP contribution >= 0.6 is 0 Å². The Labute approximate surface area is 147 Å². The molecule has 0 bridgehead atoms. The quantitative estimate of drug-likeness (QED) is 0.603. The molecule has 0 amide bonds. The summed E-state index contributed by atoms with van der Waals surface area (Å²) in [6.07, 6.45) is 17.9. The van der Waals surface area contributed by atoms with Crippen LogP contribution in [0.2, 0.25) is 0 Å². The van der Waals surface area contributed by atoms with E-state index < -0.39 is 0 Å². The van der Waals surface area contributed by atoms with Crippen molar-refractivity contribution in [2.24, 2.45) is 28.1 Å². The third-order valence-corrected chi connectivity index (χ3v) is 8.67. The molecule has 0 saturated heterocycles. The van der Waals surface area contributed by atoms with E-state index in [2.05, 4.69) is 52.0 Å². The largest absolute Gasteiger partial charge is 0.389 e. The molecule has 2 fully saturated rings. The summed E-state index contributed by atoms with van der Waals surface area (Å²) in [4.78, 5) is 0. The van der Waals surface area contributed by atoms with E-state index in [9.17, 15) is 5.11 Å². The highest BCUT2D eigenvalue weighted by Gasteiger charge is 2.59. The third-order valence-electron chi connectivity index (χ3n) is 8.67. The van der Waals surface area contributed by atoms with Crippen molar-refractivity contribution in [2.45, 2.75) is 78.7 Å². The van der Waals surface area contributed by atoms with E-state index in [0.717, 1.165) is 24.7 Å². The number of hydrogen-bond acceptors (Lipinski definition) is 1. The zero-order valence-corrected chi connectivity index (χ0v) is 15.9. The van der Waals surface area contributed by atoms with Crippen LogP contribution in [0.4, 0.5) is 0 Å². The van der Waals surface area contributed by atoms with Gasteiger partial charge in [0.05, 0.1) is 6.10 Å². The summed E-state index contributed by atoms with van der Waals surface area (Å²) in [5.41, 5.74) is 4.28. The first-order valence-corrected chi connectivity index (χ1v) is 10.1. The first-order valence-electron chi connectivity index (χ1n) is 10.1. The molecular weight excluding hydrogens is 292 g/mol. The fraction of sp³-hybridized carbons (Fsp3) is 0.739. The van der Waals surface area contributed by atoms with Gasteiger partial charge in [0, 0.05) is 5.41 Å². The third kappa shape index (κ3) is 2.03. The van der Waals surface area contributed by atoms with Crippen LogP contribution < -0.4 is 0 Å². The van der Waals surface area contributed by atoms with Crippen molar-refractivity contribution >= 4 is 0 Å². The van der Waals surface area contributed by atoms with Crippen LogP contribution in [0.15, 0.2) is 35.5 Å². The van der Waals surface area contributed by atoms with Gasteiger partial charge in [-0.2, -0.15) is 0 Å². The Morgan fingerprint density at radius 1 is 1.12 bits per heavy atom. The van der Waals surface area contributed by atoms with Crippen LogP contribution in [0.25, 0.3) is 0 Å². The highest BCUT2D eigenvalue weighted by molar-refractivity contribution is 5.39. The summed E-state index contributed by atoms with van der Waals surface area (Å²) in [6, 6.07) is 0. The van der Waals surface area contributed by atoms with Gasteiger partial charge in [-0.25, -0.2) is 0 Å². The summed E-state index contributed by atoms with van der Waals surface area (Å²) >= 11 is 0. The molecule has 1 heteroatoms. The maximum atomic E-state index is 10.1. The number of hydrogen-bond donors (Lipinski definition) is 1. The fourth-order valence-corrected chi connectivity index (χ4v) is 6.93. The van der Waals surface area contributed by atoms with E-state index in [4.69, 9.17) is 0 Å². The van der Waals surface area contributed by atoms with Gasteiger partial charge in [0.25, 0.3) is 0 Å². The van der Waals surface area contributed by atoms with Crippen molar-refractivity contribution in [1.82, 2.24) is 0 Å². The maximum Gasteiger partial charge on any atom is 0.0724 e. The lowest BCUT2D eigenvalue weighted by Crippen LogP contribution is -2.46. The molecule has 1 nitrogen and oxygen atoms in total. The Bertz CT molecular complexity index is 626. The molecule has 2 unspecified atom stereocenters. The maximum absolute atomic E-state index is 10.1. The molecule has 0 aliphatic heterocycles. The van der Waals surface area contributed by atoms with Crippen molar-refractivity contribution in [1.29, 1.82) is 0 Å². The molecular formula is C23H34O. The van der Waals surface area contributed by atoms with Gasteiger partial charge in [0.1, 0.15) is 0 Å². The lowest BCUT2D eigenvalue weighted by Gasteiger charge is -2.55. The van der Waals surface area contributed by atoms with Crippen molar-refractivity contribution in [3.05, 3.63) is 35.5 Å². The van der Waals surface area contributed by atoms with Gasteiger partial charge >= 0.3 is 0 Å². The van der Waals surface area contributed by atoms with Gasteiger partial charge in [0.2, 0.25) is 0 Å². The molecule has 0 spiro atoms. The van der Waals surface area contributed by atoms with Crippen molar-refractivity contribution in [3.63, 3.8) is 0 Å². The monoisotopic (exact) mass is 326 g/mol. The standard InChI is InChI=1S/C23H34O/c1-5-11-21(2)12-9-20-18-7-6-16-15-17(24)8-13-22(16,3)19(18)10-14-23(20,21)4/h5,10-11,15,17-18,20,24H,6-9,12-14H2,1-4H3/b11-5+/t17?,18?,20-,21-,22-,23-/m0/s1. The van der Waals surface area contributed by atoms with E-state index in [1.165, 1.54) is 37.7 Å². The highest BCUT2D eigenvalue weighted by atomic mass is 16.3. The average Bonchev–Trinajstić information content (AvgIpc) is 2.80. The highest BCUT2D eigenvalue weighted by Crippen LogP contribution is 2.68. The Morgan fingerprint density at radius 3 is 2.67 bits per heavy atom. The van der Waals surface area contributed by atoms with E-state index >= 15 is 0 Å². The van der Waals surface area contributed by atoms with Crippen LogP contribution in [0.1, 0.15) is 72.6 Å². The zero-order chi connectivity index (χ0) is 17.2. The zero-order valence-electron chi connectivity index (χ0n) is 15.9. The Kier molecular flexibility index (Phi) is 3.70. The lowest BCUT2D eigenvalue weighted by atomic mass is 9.49. The molecule has 132 valence electrons. The Hall–Kier alpha value is -0.820. The van der Waals surface area contributed by atoms with Crippen LogP contribution in [0.5, 0.6) is 0 Å². The van der Waals surface area contributed by atoms with Gasteiger partial charge in [-0.05, 0) is 74.5 Å². The molecule has 0 heterocycles. The summed E-state index contributed by atoms with van der Waals surface area (Å²) in [6.45, 7) is 9.71. The Balaban J connectivity index is 1.75. The first kappa shape index (κ1) is 16.6. The molecule has 0 aromatic heterocycles. The lowest BCUT2D eigenvalue weighted by molar-refractivity contribution is 0.0525. The predicted molar refractivity (Wildman–Crippen MR) is 101 cm³/mol. The van der Waals surface area contributed by atoms with E-state index in [-0.39, 0.29) is 11.5 Å². The van der Waals surface area contributed by atoms with Crippen LogP contribution in [0, 0.1) is 28.1 Å². The number of rotatable bonds is 1. The molecule has 0 radical (unpaired) electrons. The van der Waals surface area contributed by atoms with Crippen molar-refractivity contribution < 1.29 is 5.11 Å². The first-order chi connectivity index (χ1) is 11.3. The number of allylic oxidation sites excluding steroid dienone is 5. The normalized spacial score (nSPS) is 50.8.